The number of rotatable bonds is 5. The van der Waals surface area contributed by atoms with Crippen LogP contribution in [0, 0.1) is 6.92 Å². The predicted molar refractivity (Wildman–Crippen MR) is 61.8 cm³/mol. The van der Waals surface area contributed by atoms with Gasteiger partial charge >= 0.3 is 0 Å². The largest absolute Gasteiger partial charge is 0.493 e. The van der Waals surface area contributed by atoms with Crippen molar-refractivity contribution >= 4 is 6.08 Å². The van der Waals surface area contributed by atoms with E-state index in [1.807, 2.05) is 25.1 Å². The zero-order chi connectivity index (χ0) is 11.3. The number of ether oxygens (including phenoxy) is 1. The Bertz CT molecular complexity index is 333. The molecule has 0 N–H and O–H groups in total. The van der Waals surface area contributed by atoms with E-state index < -0.39 is 6.67 Å². The molecule has 0 aromatic heterocycles. The van der Waals surface area contributed by atoms with Gasteiger partial charge in [-0.25, -0.2) is 0 Å². The van der Waals surface area contributed by atoms with Gasteiger partial charge in [0.2, 0.25) is 0 Å². The maximum Gasteiger partial charge on any atom is 0.130 e. The number of hydrogen-bond acceptors (Lipinski definition) is 1. The molecular weight excluding hydrogens is 191 g/mol. The van der Waals surface area contributed by atoms with Gasteiger partial charge in [0.15, 0.2) is 0 Å². The zero-order valence-corrected chi connectivity index (χ0v) is 9.00. The minimum Gasteiger partial charge on any atom is -0.493 e. The molecule has 15 heavy (non-hydrogen) atoms. The Hall–Kier alpha value is -1.31. The summed E-state index contributed by atoms with van der Waals surface area (Å²) in [6.45, 7) is 9.43. The normalized spacial score (nSPS) is 12.2. The van der Waals surface area contributed by atoms with Crippen LogP contribution in [-0.2, 0) is 0 Å². The van der Waals surface area contributed by atoms with Crippen molar-refractivity contribution in [3.8, 4) is 5.75 Å². The third kappa shape index (κ3) is 2.58. The highest BCUT2D eigenvalue weighted by Gasteiger charge is 2.13. The second-order valence-electron chi connectivity index (χ2n) is 3.25. The van der Waals surface area contributed by atoms with Crippen molar-refractivity contribution in [3.63, 3.8) is 0 Å². The summed E-state index contributed by atoms with van der Waals surface area (Å²) < 4.78 is 18.1. The van der Waals surface area contributed by atoms with Gasteiger partial charge in [0, 0.05) is 17.0 Å². The van der Waals surface area contributed by atoms with Gasteiger partial charge in [0.05, 0.1) is 13.3 Å². The molecule has 1 unspecified atom stereocenters. The first kappa shape index (κ1) is 11.8. The Morgan fingerprint density at radius 3 is 2.80 bits per heavy atom. The standard InChI is InChI=1S/C13H16FO/c1-4-11-7-6-8-12(10(3)9-14)13(11)15-5-2/h4,6-8,10H,1,3,5,9H2,2H3. The van der Waals surface area contributed by atoms with Crippen LogP contribution in [0.3, 0.4) is 0 Å². The van der Waals surface area contributed by atoms with Crippen LogP contribution in [0.25, 0.3) is 6.08 Å². The Morgan fingerprint density at radius 2 is 2.27 bits per heavy atom. The first-order valence-electron chi connectivity index (χ1n) is 5.01. The zero-order valence-electron chi connectivity index (χ0n) is 9.00. The van der Waals surface area contributed by atoms with E-state index in [0.717, 1.165) is 11.1 Å². The molecule has 81 valence electrons. The molecule has 0 saturated heterocycles. The van der Waals surface area contributed by atoms with Crippen molar-refractivity contribution < 1.29 is 9.13 Å². The van der Waals surface area contributed by atoms with Gasteiger partial charge in [-0.1, -0.05) is 30.9 Å². The average molecular weight is 207 g/mol. The molecule has 1 nitrogen and oxygen atoms in total. The van der Waals surface area contributed by atoms with Gasteiger partial charge in [-0.05, 0) is 13.8 Å². The Morgan fingerprint density at radius 1 is 1.53 bits per heavy atom. The minimum absolute atomic E-state index is 0.383. The quantitative estimate of drug-likeness (QED) is 0.716. The van der Waals surface area contributed by atoms with Gasteiger partial charge in [-0.2, -0.15) is 0 Å². The number of para-hydroxylation sites is 1. The molecule has 0 aliphatic rings. The van der Waals surface area contributed by atoms with Gasteiger partial charge in [0.25, 0.3) is 0 Å². The van der Waals surface area contributed by atoms with Crippen LogP contribution in [0.2, 0.25) is 0 Å². The first-order chi connectivity index (χ1) is 7.24. The van der Waals surface area contributed by atoms with Crippen LogP contribution in [0.15, 0.2) is 24.8 Å². The van der Waals surface area contributed by atoms with Gasteiger partial charge in [0.1, 0.15) is 5.75 Å². The molecule has 0 heterocycles. The maximum absolute atomic E-state index is 12.6. The van der Waals surface area contributed by atoms with Crippen LogP contribution in [0.1, 0.15) is 24.0 Å². The number of alkyl halides is 1. The third-order valence-electron chi connectivity index (χ3n) is 2.21. The summed E-state index contributed by atoms with van der Waals surface area (Å²) in [5.41, 5.74) is 1.69. The van der Waals surface area contributed by atoms with Crippen molar-refractivity contribution in [1.29, 1.82) is 0 Å². The molecule has 1 rings (SSSR count). The molecule has 1 aromatic carbocycles. The predicted octanol–water partition coefficient (Wildman–Crippen LogP) is 3.62. The van der Waals surface area contributed by atoms with E-state index in [2.05, 4.69) is 13.5 Å². The lowest BCUT2D eigenvalue weighted by atomic mass is 9.98. The van der Waals surface area contributed by atoms with E-state index in [4.69, 9.17) is 4.74 Å². The van der Waals surface area contributed by atoms with Gasteiger partial charge in [-0.15, -0.1) is 0 Å². The molecular formula is C13H16FO. The highest BCUT2D eigenvalue weighted by Crippen LogP contribution is 2.31. The lowest BCUT2D eigenvalue weighted by molar-refractivity contribution is 0.331. The summed E-state index contributed by atoms with van der Waals surface area (Å²) >= 11 is 0. The molecule has 0 spiro atoms. The summed E-state index contributed by atoms with van der Waals surface area (Å²) in [5, 5.41) is 0. The molecule has 2 heteroatoms. The SMILES string of the molecule is [CH2]C(CF)c1cccc(C=C)c1OCC. The van der Waals surface area contributed by atoms with E-state index in [1.54, 1.807) is 6.08 Å². The number of hydrogen-bond donors (Lipinski definition) is 0. The van der Waals surface area contributed by atoms with Gasteiger partial charge in [-0.3, -0.25) is 4.39 Å². The first-order valence-corrected chi connectivity index (χ1v) is 5.01. The Labute approximate surface area is 90.6 Å². The molecule has 0 saturated carbocycles. The fraction of sp³-hybridized carbons (Fsp3) is 0.308. The summed E-state index contributed by atoms with van der Waals surface area (Å²) in [4.78, 5) is 0. The molecule has 0 fully saturated rings. The maximum atomic E-state index is 12.6. The van der Waals surface area contributed by atoms with Crippen molar-refractivity contribution in [3.05, 3.63) is 42.8 Å². The minimum atomic E-state index is -0.485. The summed E-state index contributed by atoms with van der Waals surface area (Å²) in [6, 6.07) is 5.60. The van der Waals surface area contributed by atoms with E-state index >= 15 is 0 Å². The highest BCUT2D eigenvalue weighted by molar-refractivity contribution is 5.59. The number of halogens is 1. The van der Waals surface area contributed by atoms with Crippen LogP contribution < -0.4 is 4.74 Å². The van der Waals surface area contributed by atoms with E-state index in [-0.39, 0.29) is 5.92 Å². The second kappa shape index (κ2) is 5.54. The second-order valence-corrected chi connectivity index (χ2v) is 3.25. The smallest absolute Gasteiger partial charge is 0.130 e. The molecule has 0 aliphatic carbocycles. The average Bonchev–Trinajstić information content (AvgIpc) is 2.28. The lowest BCUT2D eigenvalue weighted by Crippen LogP contribution is -2.03. The molecule has 1 radical (unpaired) electrons. The highest BCUT2D eigenvalue weighted by atomic mass is 19.1. The monoisotopic (exact) mass is 207 g/mol. The lowest BCUT2D eigenvalue weighted by Gasteiger charge is -2.16. The fourth-order valence-electron chi connectivity index (χ4n) is 1.45. The van der Waals surface area contributed by atoms with Crippen molar-refractivity contribution in [2.45, 2.75) is 12.8 Å². The third-order valence-corrected chi connectivity index (χ3v) is 2.21. The topological polar surface area (TPSA) is 9.23 Å². The van der Waals surface area contributed by atoms with Crippen molar-refractivity contribution in [1.82, 2.24) is 0 Å². The fourth-order valence-corrected chi connectivity index (χ4v) is 1.45. The Kier molecular flexibility index (Phi) is 4.35. The van der Waals surface area contributed by atoms with Crippen LogP contribution >= 0.6 is 0 Å². The summed E-state index contributed by atoms with van der Waals surface area (Å²) in [6.07, 6.45) is 1.71. The number of benzene rings is 1. The Balaban J connectivity index is 3.18. The van der Waals surface area contributed by atoms with E-state index in [9.17, 15) is 4.39 Å². The van der Waals surface area contributed by atoms with Crippen molar-refractivity contribution in [2.24, 2.45) is 0 Å². The van der Waals surface area contributed by atoms with Gasteiger partial charge < -0.3 is 4.74 Å². The molecule has 0 aliphatic heterocycles. The molecule has 0 amide bonds. The molecule has 0 bridgehead atoms. The summed E-state index contributed by atoms with van der Waals surface area (Å²) in [5.74, 6) is 0.319. The summed E-state index contributed by atoms with van der Waals surface area (Å²) in [7, 11) is 0. The van der Waals surface area contributed by atoms with Crippen LogP contribution in [0.5, 0.6) is 5.75 Å². The van der Waals surface area contributed by atoms with E-state index in [1.165, 1.54) is 0 Å². The van der Waals surface area contributed by atoms with Crippen LogP contribution in [-0.4, -0.2) is 13.3 Å². The van der Waals surface area contributed by atoms with E-state index in [0.29, 0.717) is 12.4 Å². The van der Waals surface area contributed by atoms with Crippen LogP contribution in [0.4, 0.5) is 4.39 Å². The molecule has 1 aromatic rings. The molecule has 1 atom stereocenters. The van der Waals surface area contributed by atoms with Crippen molar-refractivity contribution in [2.75, 3.05) is 13.3 Å².